The number of fused-ring (bicyclic) bond motifs is 1. The topological polar surface area (TPSA) is 54.0 Å². The molecule has 5 rings (SSSR count). The van der Waals surface area contributed by atoms with Gasteiger partial charge in [-0.05, 0) is 72.0 Å². The first-order valence-corrected chi connectivity index (χ1v) is 12.4. The molecule has 0 atom stereocenters. The summed E-state index contributed by atoms with van der Waals surface area (Å²) in [5.74, 6) is -0.0828. The fourth-order valence-corrected chi connectivity index (χ4v) is 4.66. The predicted molar refractivity (Wildman–Crippen MR) is 149 cm³/mol. The summed E-state index contributed by atoms with van der Waals surface area (Å²) in [4.78, 5) is 17.0. The number of pyridine rings is 1. The van der Waals surface area contributed by atoms with Gasteiger partial charge < -0.3 is 10.6 Å². The predicted octanol–water partition coefficient (Wildman–Crippen LogP) is 7.64. The molecule has 2 N–H and O–H groups in total. The van der Waals surface area contributed by atoms with Gasteiger partial charge in [0.05, 0.1) is 10.5 Å². The Hall–Kier alpha value is -4.15. The first-order chi connectivity index (χ1) is 17.6. The Kier molecular flexibility index (Phi) is 6.96. The SMILES string of the molecule is CCNC(=O)c1cccc(Nc2cccc(-c3c(Cc4ccccc4)cnc4c(Cl)cccc34)c2)c1. The van der Waals surface area contributed by atoms with Gasteiger partial charge in [0.1, 0.15) is 0 Å². The molecule has 1 amide bonds. The summed E-state index contributed by atoms with van der Waals surface area (Å²) in [5, 5.41) is 7.96. The number of aromatic nitrogens is 1. The molecule has 5 aromatic rings. The molecule has 36 heavy (non-hydrogen) atoms. The van der Waals surface area contributed by atoms with Crippen LogP contribution in [-0.4, -0.2) is 17.4 Å². The molecular formula is C31H26ClN3O. The lowest BCUT2D eigenvalue weighted by molar-refractivity contribution is 0.0956. The Bertz CT molecular complexity index is 1530. The number of para-hydroxylation sites is 1. The fourth-order valence-electron chi connectivity index (χ4n) is 4.44. The van der Waals surface area contributed by atoms with E-state index in [9.17, 15) is 4.79 Å². The Labute approximate surface area is 216 Å². The average molecular weight is 492 g/mol. The number of anilines is 2. The molecule has 0 bridgehead atoms. The molecule has 5 heteroatoms. The highest BCUT2D eigenvalue weighted by molar-refractivity contribution is 6.35. The Balaban J connectivity index is 1.56. The number of benzene rings is 4. The fraction of sp³-hybridized carbons (Fsp3) is 0.0968. The van der Waals surface area contributed by atoms with E-state index < -0.39 is 0 Å². The van der Waals surface area contributed by atoms with Crippen molar-refractivity contribution in [3.8, 4) is 11.1 Å². The number of nitrogens with one attached hydrogen (secondary N) is 2. The van der Waals surface area contributed by atoms with Crippen molar-refractivity contribution >= 4 is 39.8 Å². The molecule has 0 unspecified atom stereocenters. The maximum atomic E-state index is 12.3. The average Bonchev–Trinajstić information content (AvgIpc) is 2.90. The molecule has 0 fully saturated rings. The van der Waals surface area contributed by atoms with Gasteiger partial charge in [0.25, 0.3) is 5.91 Å². The van der Waals surface area contributed by atoms with Crippen LogP contribution in [0.25, 0.3) is 22.0 Å². The maximum absolute atomic E-state index is 12.3. The zero-order chi connectivity index (χ0) is 24.9. The number of carbonyl (C=O) groups is 1. The van der Waals surface area contributed by atoms with Crippen molar-refractivity contribution in [1.82, 2.24) is 10.3 Å². The van der Waals surface area contributed by atoms with Gasteiger partial charge in [-0.1, -0.05) is 72.3 Å². The van der Waals surface area contributed by atoms with Gasteiger partial charge in [0, 0.05) is 35.1 Å². The molecule has 178 valence electrons. The van der Waals surface area contributed by atoms with Gasteiger partial charge in [0.2, 0.25) is 0 Å². The van der Waals surface area contributed by atoms with Gasteiger partial charge in [0.15, 0.2) is 0 Å². The van der Waals surface area contributed by atoms with E-state index in [1.54, 1.807) is 0 Å². The van der Waals surface area contributed by atoms with Crippen LogP contribution in [0.2, 0.25) is 5.02 Å². The molecule has 1 aromatic heterocycles. The smallest absolute Gasteiger partial charge is 0.251 e. The van der Waals surface area contributed by atoms with Crippen LogP contribution in [0, 0.1) is 0 Å². The van der Waals surface area contributed by atoms with Crippen LogP contribution in [-0.2, 0) is 6.42 Å². The largest absolute Gasteiger partial charge is 0.355 e. The molecule has 0 radical (unpaired) electrons. The van der Waals surface area contributed by atoms with E-state index in [4.69, 9.17) is 16.6 Å². The van der Waals surface area contributed by atoms with E-state index in [1.807, 2.05) is 67.7 Å². The zero-order valence-corrected chi connectivity index (χ0v) is 20.7. The van der Waals surface area contributed by atoms with Crippen LogP contribution < -0.4 is 10.6 Å². The Morgan fingerprint density at radius 2 is 1.61 bits per heavy atom. The second-order valence-corrected chi connectivity index (χ2v) is 9.01. The lowest BCUT2D eigenvalue weighted by Crippen LogP contribution is -2.22. The summed E-state index contributed by atoms with van der Waals surface area (Å²) in [5.41, 5.74) is 7.73. The highest BCUT2D eigenvalue weighted by atomic mass is 35.5. The highest BCUT2D eigenvalue weighted by Crippen LogP contribution is 2.36. The third-order valence-electron chi connectivity index (χ3n) is 6.07. The number of carbonyl (C=O) groups excluding carboxylic acids is 1. The summed E-state index contributed by atoms with van der Waals surface area (Å²) in [7, 11) is 0. The summed E-state index contributed by atoms with van der Waals surface area (Å²) in [6.07, 6.45) is 2.70. The van der Waals surface area contributed by atoms with E-state index in [2.05, 4.69) is 53.1 Å². The van der Waals surface area contributed by atoms with Crippen molar-refractivity contribution in [2.75, 3.05) is 11.9 Å². The van der Waals surface area contributed by atoms with E-state index in [1.165, 1.54) is 5.56 Å². The van der Waals surface area contributed by atoms with Crippen molar-refractivity contribution in [3.05, 3.63) is 125 Å². The number of amides is 1. The first kappa shape index (κ1) is 23.6. The van der Waals surface area contributed by atoms with Gasteiger partial charge in [-0.15, -0.1) is 0 Å². The summed E-state index contributed by atoms with van der Waals surface area (Å²) >= 11 is 6.52. The monoisotopic (exact) mass is 491 g/mol. The van der Waals surface area contributed by atoms with Crippen LogP contribution in [0.5, 0.6) is 0 Å². The standard InChI is InChI=1S/C31H26ClN3O/c1-2-33-31(36)23-12-7-14-26(19-23)35-25-13-6-11-22(18-25)29-24(17-21-9-4-3-5-10-21)20-34-30-27(29)15-8-16-28(30)32/h3-16,18-20,35H,2,17H2,1H3,(H,33,36). The van der Waals surface area contributed by atoms with Gasteiger partial charge >= 0.3 is 0 Å². The highest BCUT2D eigenvalue weighted by Gasteiger charge is 2.14. The Morgan fingerprint density at radius 3 is 2.42 bits per heavy atom. The summed E-state index contributed by atoms with van der Waals surface area (Å²) in [6, 6.07) is 32.1. The third-order valence-corrected chi connectivity index (χ3v) is 6.37. The number of halogens is 1. The Morgan fingerprint density at radius 1 is 0.861 bits per heavy atom. The van der Waals surface area contributed by atoms with Crippen molar-refractivity contribution < 1.29 is 4.79 Å². The molecule has 4 aromatic carbocycles. The lowest BCUT2D eigenvalue weighted by atomic mass is 9.92. The number of hydrogen-bond acceptors (Lipinski definition) is 3. The molecule has 4 nitrogen and oxygen atoms in total. The number of hydrogen-bond donors (Lipinski definition) is 2. The molecular weight excluding hydrogens is 466 g/mol. The number of nitrogens with zero attached hydrogens (tertiary/aromatic N) is 1. The molecule has 0 aliphatic carbocycles. The third kappa shape index (κ3) is 5.09. The van der Waals surface area contributed by atoms with Crippen molar-refractivity contribution in [3.63, 3.8) is 0 Å². The molecule has 0 saturated carbocycles. The normalized spacial score (nSPS) is 10.8. The maximum Gasteiger partial charge on any atom is 0.251 e. The summed E-state index contributed by atoms with van der Waals surface area (Å²) in [6.45, 7) is 2.50. The minimum Gasteiger partial charge on any atom is -0.355 e. The number of rotatable bonds is 7. The van der Waals surface area contributed by atoms with Crippen LogP contribution in [0.3, 0.4) is 0 Å². The van der Waals surface area contributed by atoms with Gasteiger partial charge in [-0.2, -0.15) is 0 Å². The lowest BCUT2D eigenvalue weighted by Gasteiger charge is -2.16. The molecule has 1 heterocycles. The van der Waals surface area contributed by atoms with E-state index >= 15 is 0 Å². The second kappa shape index (κ2) is 10.6. The van der Waals surface area contributed by atoms with Crippen molar-refractivity contribution in [2.24, 2.45) is 0 Å². The van der Waals surface area contributed by atoms with Crippen LogP contribution >= 0.6 is 11.6 Å². The van der Waals surface area contributed by atoms with Crippen LogP contribution in [0.15, 0.2) is 103 Å². The molecule has 0 aliphatic heterocycles. The molecule has 0 saturated heterocycles. The minimum absolute atomic E-state index is 0.0828. The quantitative estimate of drug-likeness (QED) is 0.246. The minimum atomic E-state index is -0.0828. The van der Waals surface area contributed by atoms with E-state index in [0.29, 0.717) is 17.1 Å². The summed E-state index contributed by atoms with van der Waals surface area (Å²) < 4.78 is 0. The second-order valence-electron chi connectivity index (χ2n) is 8.60. The first-order valence-electron chi connectivity index (χ1n) is 12.0. The van der Waals surface area contributed by atoms with E-state index in [-0.39, 0.29) is 5.91 Å². The van der Waals surface area contributed by atoms with Crippen LogP contribution in [0.1, 0.15) is 28.4 Å². The molecule has 0 aliphatic rings. The zero-order valence-electron chi connectivity index (χ0n) is 20.0. The van der Waals surface area contributed by atoms with Crippen molar-refractivity contribution in [1.29, 1.82) is 0 Å². The van der Waals surface area contributed by atoms with Crippen LogP contribution in [0.4, 0.5) is 11.4 Å². The van der Waals surface area contributed by atoms with Gasteiger partial charge in [-0.25, -0.2) is 0 Å². The van der Waals surface area contributed by atoms with Gasteiger partial charge in [-0.3, -0.25) is 9.78 Å². The molecule has 0 spiro atoms. The van der Waals surface area contributed by atoms with Crippen molar-refractivity contribution in [2.45, 2.75) is 13.3 Å². The van der Waals surface area contributed by atoms with E-state index in [0.717, 1.165) is 45.4 Å².